The van der Waals surface area contributed by atoms with Crippen LogP contribution in [0.2, 0.25) is 5.02 Å². The third kappa shape index (κ3) is 6.54. The van der Waals surface area contributed by atoms with E-state index in [9.17, 15) is 9.18 Å². The predicted octanol–water partition coefficient (Wildman–Crippen LogP) is 4.77. The van der Waals surface area contributed by atoms with Gasteiger partial charge in [0.05, 0.1) is 5.75 Å². The van der Waals surface area contributed by atoms with E-state index in [1.807, 2.05) is 0 Å². The average Bonchev–Trinajstić information content (AvgIpc) is 2.54. The molecule has 0 saturated heterocycles. The second-order valence-electron chi connectivity index (χ2n) is 5.67. The van der Waals surface area contributed by atoms with Gasteiger partial charge in [-0.25, -0.2) is 4.39 Å². The van der Waals surface area contributed by atoms with E-state index in [4.69, 9.17) is 11.6 Å². The summed E-state index contributed by atoms with van der Waals surface area (Å²) in [6.07, 6.45) is 1.86. The average molecular weight is 366 g/mol. The summed E-state index contributed by atoms with van der Waals surface area (Å²) in [5.74, 6) is 0.443. The SMILES string of the molecule is Cc1cccc(CCCNC(=O)CSCc2ccc(Cl)cc2F)c1. The smallest absolute Gasteiger partial charge is 0.230 e. The lowest BCUT2D eigenvalue weighted by Gasteiger charge is -2.07. The van der Waals surface area contributed by atoms with Gasteiger partial charge in [-0.1, -0.05) is 47.5 Å². The summed E-state index contributed by atoms with van der Waals surface area (Å²) in [6, 6.07) is 13.0. The van der Waals surface area contributed by atoms with Gasteiger partial charge in [0.25, 0.3) is 0 Å². The van der Waals surface area contributed by atoms with Crippen molar-refractivity contribution in [3.8, 4) is 0 Å². The molecule has 1 amide bonds. The summed E-state index contributed by atoms with van der Waals surface area (Å²) in [4.78, 5) is 11.8. The molecule has 0 saturated carbocycles. The lowest BCUT2D eigenvalue weighted by molar-refractivity contribution is -0.118. The Morgan fingerprint density at radius 1 is 1.25 bits per heavy atom. The van der Waals surface area contributed by atoms with Crippen molar-refractivity contribution in [2.45, 2.75) is 25.5 Å². The highest BCUT2D eigenvalue weighted by Gasteiger charge is 2.06. The molecule has 0 aliphatic heterocycles. The molecule has 5 heteroatoms. The minimum atomic E-state index is -0.325. The summed E-state index contributed by atoms with van der Waals surface area (Å²) in [7, 11) is 0. The molecule has 2 aromatic rings. The lowest BCUT2D eigenvalue weighted by Crippen LogP contribution is -2.26. The van der Waals surface area contributed by atoms with Crippen LogP contribution in [0.5, 0.6) is 0 Å². The first-order chi connectivity index (χ1) is 11.5. The molecule has 2 aromatic carbocycles. The third-order valence-electron chi connectivity index (χ3n) is 3.55. The van der Waals surface area contributed by atoms with Crippen molar-refractivity contribution in [1.29, 1.82) is 0 Å². The van der Waals surface area contributed by atoms with Crippen LogP contribution >= 0.6 is 23.4 Å². The quantitative estimate of drug-likeness (QED) is 0.683. The molecule has 0 radical (unpaired) electrons. The fourth-order valence-corrected chi connectivity index (χ4v) is 3.33. The summed E-state index contributed by atoms with van der Waals surface area (Å²) in [5.41, 5.74) is 3.11. The molecule has 0 unspecified atom stereocenters. The summed E-state index contributed by atoms with van der Waals surface area (Å²) in [5, 5.41) is 3.28. The van der Waals surface area contributed by atoms with Gasteiger partial charge in [-0.3, -0.25) is 4.79 Å². The van der Waals surface area contributed by atoms with E-state index in [1.165, 1.54) is 29.0 Å². The minimum Gasteiger partial charge on any atom is -0.355 e. The van der Waals surface area contributed by atoms with E-state index >= 15 is 0 Å². The van der Waals surface area contributed by atoms with Gasteiger partial charge in [-0.15, -0.1) is 11.8 Å². The molecule has 0 aliphatic carbocycles. The van der Waals surface area contributed by atoms with E-state index in [2.05, 4.69) is 36.5 Å². The zero-order chi connectivity index (χ0) is 17.4. The Labute approximate surface area is 151 Å². The second kappa shape index (κ2) is 9.70. The number of carbonyl (C=O) groups excluding carboxylic acids is 1. The third-order valence-corrected chi connectivity index (χ3v) is 4.77. The molecule has 1 N–H and O–H groups in total. The van der Waals surface area contributed by atoms with Gasteiger partial charge in [-0.2, -0.15) is 0 Å². The summed E-state index contributed by atoms with van der Waals surface area (Å²) in [6.45, 7) is 2.73. The second-order valence-corrected chi connectivity index (χ2v) is 7.09. The van der Waals surface area contributed by atoms with E-state index in [0.717, 1.165) is 12.8 Å². The molecule has 128 valence electrons. The van der Waals surface area contributed by atoms with Crippen LogP contribution in [-0.4, -0.2) is 18.2 Å². The molecule has 0 aliphatic rings. The molecular formula is C19H21ClFNOS. The zero-order valence-electron chi connectivity index (χ0n) is 13.6. The number of halogens is 2. The van der Waals surface area contributed by atoms with Gasteiger partial charge in [0.15, 0.2) is 0 Å². The first-order valence-corrected chi connectivity index (χ1v) is 9.42. The lowest BCUT2D eigenvalue weighted by atomic mass is 10.1. The Morgan fingerprint density at radius 2 is 2.08 bits per heavy atom. The molecule has 2 nitrogen and oxygen atoms in total. The van der Waals surface area contributed by atoms with Crippen molar-refractivity contribution >= 4 is 29.3 Å². The van der Waals surface area contributed by atoms with Crippen LogP contribution in [0, 0.1) is 12.7 Å². The van der Waals surface area contributed by atoms with Crippen LogP contribution in [0.4, 0.5) is 4.39 Å². The topological polar surface area (TPSA) is 29.1 Å². The fraction of sp³-hybridized carbons (Fsp3) is 0.316. The molecule has 0 fully saturated rings. The molecule has 0 heterocycles. The fourth-order valence-electron chi connectivity index (χ4n) is 2.33. The molecule has 2 rings (SSSR count). The van der Waals surface area contributed by atoms with E-state index in [1.54, 1.807) is 12.1 Å². The Balaban J connectivity index is 1.61. The first-order valence-electron chi connectivity index (χ1n) is 7.88. The molecule has 0 spiro atoms. The number of hydrogen-bond acceptors (Lipinski definition) is 2. The summed E-state index contributed by atoms with van der Waals surface area (Å²) < 4.78 is 13.6. The number of hydrogen-bond donors (Lipinski definition) is 1. The monoisotopic (exact) mass is 365 g/mol. The number of amides is 1. The highest BCUT2D eigenvalue weighted by molar-refractivity contribution is 7.99. The Morgan fingerprint density at radius 3 is 2.83 bits per heavy atom. The van der Waals surface area contributed by atoms with Crippen LogP contribution in [-0.2, 0) is 17.0 Å². The zero-order valence-corrected chi connectivity index (χ0v) is 15.2. The van der Waals surface area contributed by atoms with Crippen LogP contribution < -0.4 is 5.32 Å². The van der Waals surface area contributed by atoms with Crippen molar-refractivity contribution in [2.24, 2.45) is 0 Å². The van der Waals surface area contributed by atoms with Crippen molar-refractivity contribution in [2.75, 3.05) is 12.3 Å². The summed E-state index contributed by atoms with van der Waals surface area (Å²) >= 11 is 7.11. The van der Waals surface area contributed by atoms with E-state index in [-0.39, 0.29) is 11.7 Å². The number of aryl methyl sites for hydroxylation is 2. The molecule has 24 heavy (non-hydrogen) atoms. The maximum atomic E-state index is 13.6. The van der Waals surface area contributed by atoms with Gasteiger partial charge < -0.3 is 5.32 Å². The van der Waals surface area contributed by atoms with Crippen LogP contribution in [0.3, 0.4) is 0 Å². The van der Waals surface area contributed by atoms with E-state index < -0.39 is 0 Å². The van der Waals surface area contributed by atoms with Crippen LogP contribution in [0.1, 0.15) is 23.1 Å². The number of thioether (sulfide) groups is 1. The minimum absolute atomic E-state index is 0.0152. The molecule has 0 aromatic heterocycles. The Kier molecular flexibility index (Phi) is 7.60. The van der Waals surface area contributed by atoms with Crippen molar-refractivity contribution in [3.05, 3.63) is 70.0 Å². The Bertz CT molecular complexity index is 693. The van der Waals surface area contributed by atoms with Crippen LogP contribution in [0.25, 0.3) is 0 Å². The largest absolute Gasteiger partial charge is 0.355 e. The van der Waals surface area contributed by atoms with Gasteiger partial charge in [0.2, 0.25) is 5.91 Å². The highest BCUT2D eigenvalue weighted by atomic mass is 35.5. The maximum absolute atomic E-state index is 13.6. The number of nitrogens with one attached hydrogen (secondary N) is 1. The molecule has 0 bridgehead atoms. The first kappa shape index (κ1) is 18.8. The molecule has 0 atom stereocenters. The Hall–Kier alpha value is -1.52. The number of carbonyl (C=O) groups is 1. The number of rotatable bonds is 8. The maximum Gasteiger partial charge on any atom is 0.230 e. The van der Waals surface area contributed by atoms with Gasteiger partial charge >= 0.3 is 0 Å². The van der Waals surface area contributed by atoms with Crippen molar-refractivity contribution in [3.63, 3.8) is 0 Å². The van der Waals surface area contributed by atoms with Crippen molar-refractivity contribution < 1.29 is 9.18 Å². The van der Waals surface area contributed by atoms with Gasteiger partial charge in [-0.05, 0) is 43.0 Å². The molecular weight excluding hydrogens is 345 g/mol. The van der Waals surface area contributed by atoms with Crippen LogP contribution in [0.15, 0.2) is 42.5 Å². The van der Waals surface area contributed by atoms with Crippen molar-refractivity contribution in [1.82, 2.24) is 5.32 Å². The number of benzene rings is 2. The van der Waals surface area contributed by atoms with Gasteiger partial charge in [0, 0.05) is 17.3 Å². The predicted molar refractivity (Wildman–Crippen MR) is 100 cm³/mol. The van der Waals surface area contributed by atoms with Gasteiger partial charge in [0.1, 0.15) is 5.82 Å². The normalized spacial score (nSPS) is 10.6. The van der Waals surface area contributed by atoms with E-state index in [0.29, 0.717) is 28.6 Å². The highest BCUT2D eigenvalue weighted by Crippen LogP contribution is 2.19. The standard InChI is InChI=1S/C19H21ClFNOS/c1-14-4-2-5-15(10-14)6-3-9-22-19(23)13-24-12-16-7-8-17(20)11-18(16)21/h2,4-5,7-8,10-11H,3,6,9,12-13H2,1H3,(H,22,23).